The number of anilines is 1. The first-order valence-corrected chi connectivity index (χ1v) is 8.11. The molecule has 0 atom stereocenters. The third-order valence-electron chi connectivity index (χ3n) is 3.16. The Morgan fingerprint density at radius 2 is 1.83 bits per heavy atom. The Morgan fingerprint density at radius 3 is 2.50 bits per heavy atom. The van der Waals surface area contributed by atoms with Crippen molar-refractivity contribution in [2.75, 3.05) is 11.9 Å². The lowest BCUT2D eigenvalue weighted by atomic mass is 10.2. The molecule has 0 aliphatic heterocycles. The summed E-state index contributed by atoms with van der Waals surface area (Å²) in [6.45, 7) is 2.47. The Kier molecular flexibility index (Phi) is 4.81. The molecule has 0 aliphatic carbocycles. The fraction of sp³-hybridized carbons (Fsp3) is 0.118. The van der Waals surface area contributed by atoms with Gasteiger partial charge in [-0.2, -0.15) is 0 Å². The van der Waals surface area contributed by atoms with Crippen molar-refractivity contribution in [3.05, 3.63) is 59.9 Å². The van der Waals surface area contributed by atoms with E-state index in [1.165, 1.54) is 23.5 Å². The molecule has 0 saturated carbocycles. The second-order valence-electron chi connectivity index (χ2n) is 4.83. The highest BCUT2D eigenvalue weighted by Crippen LogP contribution is 2.26. The lowest BCUT2D eigenvalue weighted by Gasteiger charge is -2.04. The quantitative estimate of drug-likeness (QED) is 0.761. The Hall–Kier alpha value is -2.80. The summed E-state index contributed by atoms with van der Waals surface area (Å²) >= 11 is 1.22. The zero-order valence-electron chi connectivity index (χ0n) is 12.8. The number of halogens is 1. The molecule has 122 valence electrons. The van der Waals surface area contributed by atoms with Crippen LogP contribution >= 0.6 is 11.3 Å². The second-order valence-corrected chi connectivity index (χ2v) is 5.81. The molecular formula is C17H14FN3O2S. The molecule has 2 aromatic carbocycles. The van der Waals surface area contributed by atoms with E-state index in [0.29, 0.717) is 28.1 Å². The van der Waals surface area contributed by atoms with Gasteiger partial charge in [0.25, 0.3) is 5.91 Å². The minimum Gasteiger partial charge on any atom is -0.494 e. The van der Waals surface area contributed by atoms with Gasteiger partial charge < -0.3 is 4.74 Å². The molecule has 1 heterocycles. The van der Waals surface area contributed by atoms with E-state index >= 15 is 0 Å². The molecule has 1 amide bonds. The Morgan fingerprint density at radius 1 is 1.12 bits per heavy atom. The van der Waals surface area contributed by atoms with Gasteiger partial charge in [-0.15, -0.1) is 10.2 Å². The van der Waals surface area contributed by atoms with Crippen LogP contribution < -0.4 is 10.1 Å². The molecule has 1 N–H and O–H groups in total. The molecule has 3 rings (SSSR count). The van der Waals surface area contributed by atoms with E-state index in [9.17, 15) is 9.18 Å². The smallest absolute Gasteiger partial charge is 0.257 e. The molecule has 0 bridgehead atoms. The molecule has 5 nitrogen and oxygen atoms in total. The normalized spacial score (nSPS) is 10.4. The molecule has 0 unspecified atom stereocenters. The van der Waals surface area contributed by atoms with Crippen molar-refractivity contribution in [1.29, 1.82) is 0 Å². The van der Waals surface area contributed by atoms with Crippen molar-refractivity contribution < 1.29 is 13.9 Å². The first kappa shape index (κ1) is 16.1. The third-order valence-corrected chi connectivity index (χ3v) is 4.05. The van der Waals surface area contributed by atoms with Gasteiger partial charge in [0.05, 0.1) is 6.61 Å². The van der Waals surface area contributed by atoms with Crippen LogP contribution in [0.4, 0.5) is 9.52 Å². The fourth-order valence-corrected chi connectivity index (χ4v) is 2.77. The second kappa shape index (κ2) is 7.18. The zero-order valence-corrected chi connectivity index (χ0v) is 13.6. The van der Waals surface area contributed by atoms with Crippen LogP contribution in [-0.2, 0) is 0 Å². The molecule has 3 aromatic rings. The van der Waals surface area contributed by atoms with Crippen LogP contribution in [0.1, 0.15) is 17.3 Å². The van der Waals surface area contributed by atoms with Gasteiger partial charge in [0.15, 0.2) is 0 Å². The molecule has 0 spiro atoms. The minimum atomic E-state index is -0.313. The number of ether oxygens (including phenoxy) is 1. The van der Waals surface area contributed by atoms with Gasteiger partial charge in [0, 0.05) is 11.1 Å². The number of aromatic nitrogens is 2. The van der Waals surface area contributed by atoms with E-state index in [0.717, 1.165) is 5.56 Å². The maximum atomic E-state index is 12.9. The van der Waals surface area contributed by atoms with Crippen LogP contribution in [0.5, 0.6) is 5.75 Å². The molecule has 0 saturated heterocycles. The topological polar surface area (TPSA) is 64.1 Å². The first-order chi connectivity index (χ1) is 11.7. The third kappa shape index (κ3) is 3.75. The Bertz CT molecular complexity index is 832. The zero-order chi connectivity index (χ0) is 16.9. The molecular weight excluding hydrogens is 329 g/mol. The van der Waals surface area contributed by atoms with Crippen LogP contribution in [0.25, 0.3) is 10.6 Å². The van der Waals surface area contributed by atoms with Crippen LogP contribution in [0.2, 0.25) is 0 Å². The number of hydrogen-bond donors (Lipinski definition) is 1. The number of carbonyl (C=O) groups is 1. The molecule has 0 radical (unpaired) electrons. The van der Waals surface area contributed by atoms with Gasteiger partial charge in [-0.05, 0) is 55.5 Å². The van der Waals surface area contributed by atoms with E-state index in [-0.39, 0.29) is 11.7 Å². The number of benzene rings is 2. The summed E-state index contributed by atoms with van der Waals surface area (Å²) in [6.07, 6.45) is 0. The summed E-state index contributed by atoms with van der Waals surface area (Å²) < 4.78 is 18.3. The van der Waals surface area contributed by atoms with Crippen molar-refractivity contribution in [3.8, 4) is 16.3 Å². The number of hydrogen-bond acceptors (Lipinski definition) is 5. The lowest BCUT2D eigenvalue weighted by molar-refractivity contribution is 0.102. The predicted molar refractivity (Wildman–Crippen MR) is 90.9 cm³/mol. The van der Waals surface area contributed by atoms with Gasteiger partial charge in [-0.3, -0.25) is 10.1 Å². The first-order valence-electron chi connectivity index (χ1n) is 7.29. The maximum absolute atomic E-state index is 12.9. The number of nitrogens with one attached hydrogen (secondary N) is 1. The average Bonchev–Trinajstić information content (AvgIpc) is 3.05. The molecule has 0 aliphatic rings. The number of carbonyl (C=O) groups excluding carboxylic acids is 1. The highest BCUT2D eigenvalue weighted by Gasteiger charge is 2.11. The van der Waals surface area contributed by atoms with Crippen LogP contribution in [0.15, 0.2) is 48.5 Å². The Balaban J connectivity index is 1.69. The summed E-state index contributed by atoms with van der Waals surface area (Å²) in [7, 11) is 0. The van der Waals surface area contributed by atoms with Crippen molar-refractivity contribution in [2.45, 2.75) is 6.92 Å². The van der Waals surface area contributed by atoms with Gasteiger partial charge in [0.1, 0.15) is 16.6 Å². The predicted octanol–water partition coefficient (Wildman–Crippen LogP) is 4.00. The van der Waals surface area contributed by atoms with Gasteiger partial charge in [0.2, 0.25) is 5.13 Å². The largest absolute Gasteiger partial charge is 0.494 e. The van der Waals surface area contributed by atoms with Crippen LogP contribution in [0.3, 0.4) is 0 Å². The van der Waals surface area contributed by atoms with Crippen molar-refractivity contribution >= 4 is 22.4 Å². The average molecular weight is 343 g/mol. The summed E-state index contributed by atoms with van der Waals surface area (Å²) in [5.74, 6) is 0.121. The van der Waals surface area contributed by atoms with Gasteiger partial charge in [-0.25, -0.2) is 4.39 Å². The molecule has 7 heteroatoms. The number of amides is 1. The summed E-state index contributed by atoms with van der Waals surface area (Å²) in [5.41, 5.74) is 1.24. The van der Waals surface area contributed by atoms with E-state index in [2.05, 4.69) is 15.5 Å². The monoisotopic (exact) mass is 343 g/mol. The molecule has 1 aromatic heterocycles. The SMILES string of the molecule is CCOc1ccc(C(=O)Nc2nnc(-c3ccc(F)cc3)s2)cc1. The van der Waals surface area contributed by atoms with E-state index < -0.39 is 0 Å². The van der Waals surface area contributed by atoms with Crippen LogP contribution in [-0.4, -0.2) is 22.7 Å². The molecule has 0 fully saturated rings. The van der Waals surface area contributed by atoms with E-state index in [1.807, 2.05) is 6.92 Å². The minimum absolute atomic E-state index is 0.278. The maximum Gasteiger partial charge on any atom is 0.257 e. The fourth-order valence-electron chi connectivity index (χ4n) is 2.02. The van der Waals surface area contributed by atoms with Gasteiger partial charge >= 0.3 is 0 Å². The number of nitrogens with zero attached hydrogens (tertiary/aromatic N) is 2. The van der Waals surface area contributed by atoms with E-state index in [4.69, 9.17) is 4.74 Å². The molecule has 24 heavy (non-hydrogen) atoms. The van der Waals surface area contributed by atoms with Crippen molar-refractivity contribution in [1.82, 2.24) is 10.2 Å². The van der Waals surface area contributed by atoms with Crippen molar-refractivity contribution in [3.63, 3.8) is 0 Å². The number of rotatable bonds is 5. The summed E-state index contributed by atoms with van der Waals surface area (Å²) in [4.78, 5) is 12.2. The highest BCUT2D eigenvalue weighted by atomic mass is 32.1. The lowest BCUT2D eigenvalue weighted by Crippen LogP contribution is -2.11. The Labute approximate surface area is 142 Å². The standard InChI is InChI=1S/C17H14FN3O2S/c1-2-23-14-9-5-11(6-10-14)15(22)19-17-21-20-16(24-17)12-3-7-13(18)8-4-12/h3-10H,2H2,1H3,(H,19,21,22). The summed E-state index contributed by atoms with van der Waals surface area (Å²) in [6, 6.07) is 12.8. The van der Waals surface area contributed by atoms with Gasteiger partial charge in [-0.1, -0.05) is 11.3 Å². The van der Waals surface area contributed by atoms with Crippen LogP contribution in [0, 0.1) is 5.82 Å². The van der Waals surface area contributed by atoms with E-state index in [1.54, 1.807) is 36.4 Å². The highest BCUT2D eigenvalue weighted by molar-refractivity contribution is 7.18. The van der Waals surface area contributed by atoms with Crippen molar-refractivity contribution in [2.24, 2.45) is 0 Å². The summed E-state index contributed by atoms with van der Waals surface area (Å²) in [5, 5.41) is 11.7.